The van der Waals surface area contributed by atoms with Crippen LogP contribution in [0.3, 0.4) is 0 Å². The van der Waals surface area contributed by atoms with E-state index >= 15 is 0 Å². The predicted molar refractivity (Wildman–Crippen MR) is 67.2 cm³/mol. The minimum atomic E-state index is -1.06. The Balaban J connectivity index is 2.70. The number of hydrogen-bond acceptors (Lipinski definition) is 3. The van der Waals surface area contributed by atoms with Gasteiger partial charge in [-0.3, -0.25) is 9.78 Å². The highest BCUT2D eigenvalue weighted by Crippen LogP contribution is 2.01. The molecular formula is C13H16N2O3. The van der Waals surface area contributed by atoms with Gasteiger partial charge in [-0.05, 0) is 32.4 Å². The molecule has 0 bridgehead atoms. The first kappa shape index (κ1) is 13.9. The third-order valence-electron chi connectivity index (χ3n) is 2.26. The van der Waals surface area contributed by atoms with Crippen molar-refractivity contribution in [1.29, 1.82) is 0 Å². The van der Waals surface area contributed by atoms with Crippen molar-refractivity contribution in [3.8, 4) is 0 Å². The molecule has 5 heteroatoms. The van der Waals surface area contributed by atoms with Crippen LogP contribution in [-0.4, -0.2) is 28.0 Å². The summed E-state index contributed by atoms with van der Waals surface area (Å²) in [5.74, 6) is -1.54. The third kappa shape index (κ3) is 4.37. The van der Waals surface area contributed by atoms with E-state index in [1.165, 1.54) is 12.3 Å². The number of amides is 1. The van der Waals surface area contributed by atoms with Gasteiger partial charge in [-0.25, -0.2) is 4.79 Å². The average molecular weight is 248 g/mol. The lowest BCUT2D eigenvalue weighted by atomic mass is 10.1. The number of hydrogen-bond donors (Lipinski definition) is 2. The first-order valence-electron chi connectivity index (χ1n) is 5.58. The van der Waals surface area contributed by atoms with Gasteiger partial charge in [0.05, 0.1) is 0 Å². The molecule has 0 aliphatic carbocycles. The molecule has 1 rings (SSSR count). The van der Waals surface area contributed by atoms with E-state index in [0.717, 1.165) is 5.57 Å². The van der Waals surface area contributed by atoms with Crippen molar-refractivity contribution in [2.75, 3.05) is 0 Å². The number of aromatic nitrogens is 1. The Morgan fingerprint density at radius 1 is 1.44 bits per heavy atom. The van der Waals surface area contributed by atoms with E-state index in [-0.39, 0.29) is 12.1 Å². The minimum absolute atomic E-state index is 0.209. The van der Waals surface area contributed by atoms with Gasteiger partial charge in [0.15, 0.2) is 0 Å². The number of carbonyl (C=O) groups is 2. The number of carbonyl (C=O) groups excluding carboxylic acids is 1. The monoisotopic (exact) mass is 248 g/mol. The first-order chi connectivity index (χ1) is 8.50. The third-order valence-corrected chi connectivity index (χ3v) is 2.26. The summed E-state index contributed by atoms with van der Waals surface area (Å²) in [4.78, 5) is 26.6. The molecule has 0 fully saturated rings. The highest BCUT2D eigenvalue weighted by atomic mass is 16.4. The van der Waals surface area contributed by atoms with Crippen LogP contribution in [0.1, 0.15) is 30.8 Å². The Hall–Kier alpha value is -2.17. The maximum Gasteiger partial charge on any atom is 0.326 e. The molecule has 1 atom stereocenters. The highest BCUT2D eigenvalue weighted by molar-refractivity contribution is 5.94. The van der Waals surface area contributed by atoms with Gasteiger partial charge in [0, 0.05) is 6.20 Å². The molecule has 1 aromatic heterocycles. The van der Waals surface area contributed by atoms with Crippen molar-refractivity contribution in [3.05, 3.63) is 41.7 Å². The molecule has 0 saturated heterocycles. The fourth-order valence-electron chi connectivity index (χ4n) is 1.30. The van der Waals surface area contributed by atoms with E-state index < -0.39 is 17.9 Å². The number of allylic oxidation sites excluding steroid dienone is 1. The Kier molecular flexibility index (Phi) is 5.05. The Morgan fingerprint density at radius 3 is 2.67 bits per heavy atom. The zero-order chi connectivity index (χ0) is 13.5. The fraction of sp³-hybridized carbons (Fsp3) is 0.308. The fourth-order valence-corrected chi connectivity index (χ4v) is 1.30. The zero-order valence-electron chi connectivity index (χ0n) is 10.4. The normalized spacial score (nSPS) is 11.4. The van der Waals surface area contributed by atoms with Crippen molar-refractivity contribution < 1.29 is 14.7 Å². The van der Waals surface area contributed by atoms with Crippen LogP contribution in [0.25, 0.3) is 0 Å². The summed E-state index contributed by atoms with van der Waals surface area (Å²) in [6, 6.07) is 3.96. The quantitative estimate of drug-likeness (QED) is 0.776. The molecule has 1 aromatic rings. The van der Waals surface area contributed by atoms with Crippen LogP contribution >= 0.6 is 0 Å². The van der Waals surface area contributed by atoms with Gasteiger partial charge in [0.2, 0.25) is 0 Å². The number of carboxylic acid groups (broad SMARTS) is 1. The average Bonchev–Trinajstić information content (AvgIpc) is 2.34. The molecule has 5 nitrogen and oxygen atoms in total. The summed E-state index contributed by atoms with van der Waals surface area (Å²) in [5.41, 5.74) is 1.22. The van der Waals surface area contributed by atoms with Crippen molar-refractivity contribution in [3.63, 3.8) is 0 Å². The van der Waals surface area contributed by atoms with E-state index in [1.807, 2.05) is 13.8 Å². The van der Waals surface area contributed by atoms with E-state index in [1.54, 1.807) is 18.2 Å². The lowest BCUT2D eigenvalue weighted by molar-refractivity contribution is -0.139. The molecule has 0 aliphatic rings. The Morgan fingerprint density at radius 2 is 2.17 bits per heavy atom. The van der Waals surface area contributed by atoms with Crippen LogP contribution in [-0.2, 0) is 4.79 Å². The van der Waals surface area contributed by atoms with Crippen LogP contribution in [0.4, 0.5) is 0 Å². The summed E-state index contributed by atoms with van der Waals surface area (Å²) in [7, 11) is 0. The molecule has 2 N–H and O–H groups in total. The van der Waals surface area contributed by atoms with Crippen molar-refractivity contribution in [2.24, 2.45) is 0 Å². The molecule has 1 amide bonds. The molecule has 0 spiro atoms. The zero-order valence-corrected chi connectivity index (χ0v) is 10.4. The van der Waals surface area contributed by atoms with Crippen molar-refractivity contribution in [1.82, 2.24) is 10.3 Å². The van der Waals surface area contributed by atoms with E-state index in [0.29, 0.717) is 0 Å². The maximum absolute atomic E-state index is 11.7. The van der Waals surface area contributed by atoms with Gasteiger partial charge in [-0.2, -0.15) is 0 Å². The maximum atomic E-state index is 11.7. The van der Waals surface area contributed by atoms with Gasteiger partial charge in [-0.1, -0.05) is 17.7 Å². The summed E-state index contributed by atoms with van der Waals surface area (Å²) in [6.07, 6.45) is 3.52. The highest BCUT2D eigenvalue weighted by Gasteiger charge is 2.19. The summed E-state index contributed by atoms with van der Waals surface area (Å²) >= 11 is 0. The lowest BCUT2D eigenvalue weighted by Gasteiger charge is -2.12. The second-order valence-electron chi connectivity index (χ2n) is 4.10. The van der Waals surface area contributed by atoms with Crippen LogP contribution in [0, 0.1) is 0 Å². The van der Waals surface area contributed by atoms with Gasteiger partial charge in [0.25, 0.3) is 5.91 Å². The number of aliphatic carboxylic acids is 1. The van der Waals surface area contributed by atoms with Gasteiger partial charge >= 0.3 is 5.97 Å². The number of carboxylic acids is 1. The van der Waals surface area contributed by atoms with Gasteiger partial charge in [0.1, 0.15) is 11.7 Å². The molecule has 0 saturated carbocycles. The molecule has 0 radical (unpaired) electrons. The second kappa shape index (κ2) is 6.54. The standard InChI is InChI=1S/C13H16N2O3/c1-9(2)6-7-11(13(17)18)15-12(16)10-5-3-4-8-14-10/h3-6,8,11H,7H2,1-2H3,(H,15,16)(H,17,18)/t11-/m0/s1. The SMILES string of the molecule is CC(C)=CC[C@H](NC(=O)c1ccccn1)C(=O)O. The van der Waals surface area contributed by atoms with E-state index in [2.05, 4.69) is 10.3 Å². The molecule has 0 aliphatic heterocycles. The predicted octanol–water partition coefficient (Wildman–Crippen LogP) is 1.62. The van der Waals surface area contributed by atoms with Gasteiger partial charge in [-0.15, -0.1) is 0 Å². The van der Waals surface area contributed by atoms with Crippen molar-refractivity contribution in [2.45, 2.75) is 26.3 Å². The van der Waals surface area contributed by atoms with Crippen LogP contribution in [0.15, 0.2) is 36.0 Å². The topological polar surface area (TPSA) is 79.3 Å². The minimum Gasteiger partial charge on any atom is -0.480 e. The van der Waals surface area contributed by atoms with Crippen molar-refractivity contribution >= 4 is 11.9 Å². The molecular weight excluding hydrogens is 232 g/mol. The van der Waals surface area contributed by atoms with E-state index in [9.17, 15) is 9.59 Å². The number of rotatable bonds is 5. The summed E-state index contributed by atoms with van der Waals surface area (Å²) in [6.45, 7) is 3.75. The summed E-state index contributed by atoms with van der Waals surface area (Å²) < 4.78 is 0. The first-order valence-corrected chi connectivity index (χ1v) is 5.58. The summed E-state index contributed by atoms with van der Waals surface area (Å²) in [5, 5.41) is 11.5. The Bertz CT molecular complexity index is 451. The second-order valence-corrected chi connectivity index (χ2v) is 4.10. The largest absolute Gasteiger partial charge is 0.480 e. The number of nitrogens with zero attached hydrogens (tertiary/aromatic N) is 1. The molecule has 0 aromatic carbocycles. The van der Waals surface area contributed by atoms with Crippen LogP contribution < -0.4 is 5.32 Å². The lowest BCUT2D eigenvalue weighted by Crippen LogP contribution is -2.40. The smallest absolute Gasteiger partial charge is 0.326 e. The van der Waals surface area contributed by atoms with Crippen LogP contribution in [0.2, 0.25) is 0 Å². The van der Waals surface area contributed by atoms with E-state index in [4.69, 9.17) is 5.11 Å². The molecule has 96 valence electrons. The molecule has 0 unspecified atom stereocenters. The Labute approximate surface area is 106 Å². The molecule has 1 heterocycles. The van der Waals surface area contributed by atoms with Gasteiger partial charge < -0.3 is 10.4 Å². The number of pyridine rings is 1. The van der Waals surface area contributed by atoms with Crippen LogP contribution in [0.5, 0.6) is 0 Å². The molecule has 18 heavy (non-hydrogen) atoms. The number of nitrogens with one attached hydrogen (secondary N) is 1.